The fourth-order valence-corrected chi connectivity index (χ4v) is 4.02. The lowest BCUT2D eigenvalue weighted by Gasteiger charge is -2.37. The molecule has 0 unspecified atom stereocenters. The fourth-order valence-electron chi connectivity index (χ4n) is 3.49. The lowest BCUT2D eigenvalue weighted by Crippen LogP contribution is -2.43. The first-order chi connectivity index (χ1) is 12.0. The van der Waals surface area contributed by atoms with Crippen LogP contribution in [0.1, 0.15) is 23.5 Å². The smallest absolute Gasteiger partial charge is 0.266 e. The van der Waals surface area contributed by atoms with E-state index in [1.807, 2.05) is 18.2 Å². The molecule has 2 heterocycles. The topological polar surface area (TPSA) is 57.5 Å². The number of nitrogens with zero attached hydrogens (tertiary/aromatic N) is 2. The van der Waals surface area contributed by atoms with Crippen molar-refractivity contribution in [3.63, 3.8) is 0 Å². The number of hydrogen-bond acceptors (Lipinski definition) is 4. The Bertz CT molecular complexity index is 788. The SMILES string of the molecule is CN1C[C@H](Nc2ccn(C)c(=O)c2Br)C[C@H](c2ccc(CO)cc2)C1. The van der Waals surface area contributed by atoms with Crippen molar-refractivity contribution >= 4 is 21.6 Å². The molecule has 1 aromatic heterocycles. The van der Waals surface area contributed by atoms with Crippen LogP contribution in [-0.4, -0.2) is 40.8 Å². The molecule has 1 aromatic carbocycles. The first-order valence-corrected chi connectivity index (χ1v) is 9.27. The number of anilines is 1. The van der Waals surface area contributed by atoms with Crippen LogP contribution in [-0.2, 0) is 13.7 Å². The summed E-state index contributed by atoms with van der Waals surface area (Å²) < 4.78 is 2.14. The maximum Gasteiger partial charge on any atom is 0.266 e. The molecule has 5 nitrogen and oxygen atoms in total. The van der Waals surface area contributed by atoms with Gasteiger partial charge in [0.25, 0.3) is 5.56 Å². The Hall–Kier alpha value is -1.63. The Morgan fingerprint density at radius 2 is 1.92 bits per heavy atom. The van der Waals surface area contributed by atoms with E-state index in [0.717, 1.165) is 30.8 Å². The Kier molecular flexibility index (Phi) is 5.61. The molecule has 2 N–H and O–H groups in total. The van der Waals surface area contributed by atoms with E-state index in [0.29, 0.717) is 10.4 Å². The summed E-state index contributed by atoms with van der Waals surface area (Å²) in [5.74, 6) is 0.425. The predicted molar refractivity (Wildman–Crippen MR) is 104 cm³/mol. The molecule has 1 aliphatic heterocycles. The van der Waals surface area contributed by atoms with E-state index in [-0.39, 0.29) is 18.2 Å². The minimum atomic E-state index is -0.0368. The lowest BCUT2D eigenvalue weighted by atomic mass is 9.88. The molecule has 2 atom stereocenters. The maximum atomic E-state index is 12.1. The van der Waals surface area contributed by atoms with Crippen molar-refractivity contribution in [3.05, 3.63) is 62.5 Å². The third-order valence-electron chi connectivity index (χ3n) is 4.84. The van der Waals surface area contributed by atoms with Crippen molar-refractivity contribution in [2.75, 3.05) is 25.5 Å². The molecule has 0 radical (unpaired) electrons. The molecule has 0 saturated carbocycles. The van der Waals surface area contributed by atoms with Crippen LogP contribution in [0.15, 0.2) is 45.8 Å². The molecular formula is C19H24BrN3O2. The number of benzene rings is 1. The highest BCUT2D eigenvalue weighted by atomic mass is 79.9. The third kappa shape index (κ3) is 4.14. The number of pyridine rings is 1. The molecule has 0 bridgehead atoms. The molecule has 0 aliphatic carbocycles. The van der Waals surface area contributed by atoms with Crippen LogP contribution in [0, 0.1) is 0 Å². The zero-order valence-electron chi connectivity index (χ0n) is 14.6. The van der Waals surface area contributed by atoms with Gasteiger partial charge in [-0.1, -0.05) is 24.3 Å². The summed E-state index contributed by atoms with van der Waals surface area (Å²) >= 11 is 3.42. The van der Waals surface area contributed by atoms with E-state index in [9.17, 15) is 9.90 Å². The van der Waals surface area contributed by atoms with Gasteiger partial charge in [-0.25, -0.2) is 0 Å². The molecule has 3 rings (SSSR count). The number of aryl methyl sites for hydroxylation is 1. The second kappa shape index (κ2) is 7.72. The van der Waals surface area contributed by atoms with Crippen molar-refractivity contribution in [2.24, 2.45) is 7.05 Å². The monoisotopic (exact) mass is 405 g/mol. The van der Waals surface area contributed by atoms with E-state index in [1.165, 1.54) is 5.56 Å². The number of likely N-dealkylation sites (N-methyl/N-ethyl adjacent to an activating group) is 1. The van der Waals surface area contributed by atoms with Gasteiger partial charge in [-0.15, -0.1) is 0 Å². The summed E-state index contributed by atoms with van der Waals surface area (Å²) in [4.78, 5) is 14.4. The van der Waals surface area contributed by atoms with Crippen LogP contribution in [0.4, 0.5) is 5.69 Å². The maximum absolute atomic E-state index is 12.1. The fraction of sp³-hybridized carbons (Fsp3) is 0.421. The Labute approximate surface area is 156 Å². The first-order valence-electron chi connectivity index (χ1n) is 8.48. The van der Waals surface area contributed by atoms with Gasteiger partial charge in [0.1, 0.15) is 4.47 Å². The van der Waals surface area contributed by atoms with Gasteiger partial charge in [0.2, 0.25) is 0 Å². The molecule has 1 fully saturated rings. The minimum absolute atomic E-state index is 0.0368. The van der Waals surface area contributed by atoms with Crippen LogP contribution < -0.4 is 10.9 Å². The standard InChI is InChI=1S/C19H24BrN3O2/c1-22-10-15(14-5-3-13(12-24)4-6-14)9-16(11-22)21-17-7-8-23(2)19(25)18(17)20/h3-8,15-16,21,24H,9-12H2,1-2H3/t15-,16+/m0/s1. The van der Waals surface area contributed by atoms with Crippen LogP contribution >= 0.6 is 15.9 Å². The Morgan fingerprint density at radius 3 is 2.60 bits per heavy atom. The second-order valence-electron chi connectivity index (χ2n) is 6.85. The zero-order chi connectivity index (χ0) is 18.0. The van der Waals surface area contributed by atoms with Crippen molar-refractivity contribution in [3.8, 4) is 0 Å². The predicted octanol–water partition coefficient (Wildman–Crippen LogP) is 2.54. The number of likely N-dealkylation sites (tertiary alicyclic amines) is 1. The number of rotatable bonds is 4. The summed E-state index contributed by atoms with van der Waals surface area (Å²) in [5, 5.41) is 12.7. The summed E-state index contributed by atoms with van der Waals surface area (Å²) in [5.41, 5.74) is 3.04. The molecule has 1 saturated heterocycles. The van der Waals surface area contributed by atoms with Crippen LogP contribution in [0.2, 0.25) is 0 Å². The van der Waals surface area contributed by atoms with Crippen LogP contribution in [0.3, 0.4) is 0 Å². The number of halogens is 1. The summed E-state index contributed by atoms with van der Waals surface area (Å²) in [6.45, 7) is 2.02. The van der Waals surface area contributed by atoms with E-state index in [4.69, 9.17) is 0 Å². The molecule has 25 heavy (non-hydrogen) atoms. The summed E-state index contributed by atoms with van der Waals surface area (Å²) in [6, 6.07) is 10.4. The van der Waals surface area contributed by atoms with Gasteiger partial charge in [0.05, 0.1) is 12.3 Å². The number of aliphatic hydroxyl groups is 1. The average molecular weight is 406 g/mol. The molecule has 2 aromatic rings. The van der Waals surface area contributed by atoms with E-state index >= 15 is 0 Å². The largest absolute Gasteiger partial charge is 0.392 e. The number of hydrogen-bond donors (Lipinski definition) is 2. The van der Waals surface area contributed by atoms with Crippen molar-refractivity contribution < 1.29 is 5.11 Å². The van der Waals surface area contributed by atoms with Crippen LogP contribution in [0.5, 0.6) is 0 Å². The Balaban J connectivity index is 1.76. The van der Waals surface area contributed by atoms with Gasteiger partial charge in [-0.05, 0) is 52.5 Å². The third-order valence-corrected chi connectivity index (χ3v) is 5.60. The van der Waals surface area contributed by atoms with Crippen molar-refractivity contribution in [1.29, 1.82) is 0 Å². The summed E-state index contributed by atoms with van der Waals surface area (Å²) in [6.07, 6.45) is 2.79. The molecule has 0 spiro atoms. The molecule has 134 valence electrons. The van der Waals surface area contributed by atoms with E-state index in [2.05, 4.69) is 45.3 Å². The minimum Gasteiger partial charge on any atom is -0.392 e. The second-order valence-corrected chi connectivity index (χ2v) is 7.65. The van der Waals surface area contributed by atoms with Gasteiger partial charge < -0.3 is 19.9 Å². The number of aromatic nitrogens is 1. The number of piperidine rings is 1. The van der Waals surface area contributed by atoms with Crippen LogP contribution in [0.25, 0.3) is 0 Å². The highest BCUT2D eigenvalue weighted by Crippen LogP contribution is 2.29. The first kappa shape index (κ1) is 18.2. The van der Waals surface area contributed by atoms with Crippen molar-refractivity contribution in [2.45, 2.75) is 25.0 Å². The molecule has 1 aliphatic rings. The number of aliphatic hydroxyl groups excluding tert-OH is 1. The van der Waals surface area contributed by atoms with E-state index < -0.39 is 0 Å². The highest BCUT2D eigenvalue weighted by molar-refractivity contribution is 9.10. The zero-order valence-corrected chi connectivity index (χ0v) is 16.2. The van der Waals surface area contributed by atoms with Gasteiger partial charge in [0, 0.05) is 32.4 Å². The average Bonchev–Trinajstić information content (AvgIpc) is 2.62. The summed E-state index contributed by atoms with van der Waals surface area (Å²) in [7, 11) is 3.87. The van der Waals surface area contributed by atoms with Gasteiger partial charge >= 0.3 is 0 Å². The quantitative estimate of drug-likeness (QED) is 0.820. The number of nitrogens with one attached hydrogen (secondary N) is 1. The molecule has 6 heteroatoms. The normalized spacial score (nSPS) is 21.3. The molecule has 0 amide bonds. The lowest BCUT2D eigenvalue weighted by molar-refractivity contribution is 0.235. The van der Waals surface area contributed by atoms with Gasteiger partial charge in [-0.2, -0.15) is 0 Å². The van der Waals surface area contributed by atoms with Crippen molar-refractivity contribution in [1.82, 2.24) is 9.47 Å². The Morgan fingerprint density at radius 1 is 1.20 bits per heavy atom. The van der Waals surface area contributed by atoms with E-state index in [1.54, 1.807) is 17.8 Å². The van der Waals surface area contributed by atoms with Gasteiger partial charge in [0.15, 0.2) is 0 Å². The highest BCUT2D eigenvalue weighted by Gasteiger charge is 2.27. The molecular weight excluding hydrogens is 382 g/mol. The van der Waals surface area contributed by atoms with Gasteiger partial charge in [-0.3, -0.25) is 4.79 Å².